The summed E-state index contributed by atoms with van der Waals surface area (Å²) in [5.74, 6) is 0. The van der Waals surface area contributed by atoms with Gasteiger partial charge in [-0.05, 0) is 18.7 Å². The number of nitrogens with zero attached hydrogens (tertiary/aromatic N) is 1. The highest BCUT2D eigenvalue weighted by atomic mass is 15.1. The Morgan fingerprint density at radius 3 is 2.47 bits per heavy atom. The fraction of sp³-hybridized carbons (Fsp3) is 0.467. The zero-order valence-electron chi connectivity index (χ0n) is 11.0. The van der Waals surface area contributed by atoms with Gasteiger partial charge in [0.1, 0.15) is 0 Å². The van der Waals surface area contributed by atoms with E-state index >= 15 is 0 Å². The second kappa shape index (κ2) is 8.97. The predicted molar refractivity (Wildman–Crippen MR) is 76.1 cm³/mol. The fourth-order valence-electron chi connectivity index (χ4n) is 1.72. The molecule has 0 radical (unpaired) electrons. The van der Waals surface area contributed by atoms with Crippen LogP contribution in [-0.2, 0) is 0 Å². The average molecular weight is 232 g/mol. The first-order valence-electron chi connectivity index (χ1n) is 6.51. The zero-order chi connectivity index (χ0) is 12.3. The van der Waals surface area contributed by atoms with E-state index in [4.69, 9.17) is 0 Å². The lowest BCUT2D eigenvalue weighted by Gasteiger charge is -2.17. The first-order valence-corrected chi connectivity index (χ1v) is 6.51. The van der Waals surface area contributed by atoms with Crippen LogP contribution in [0, 0.1) is 0 Å². The Balaban J connectivity index is 2.10. The van der Waals surface area contributed by atoms with Crippen LogP contribution in [0.3, 0.4) is 0 Å². The molecule has 0 bridgehead atoms. The van der Waals surface area contributed by atoms with E-state index in [-0.39, 0.29) is 0 Å². The number of benzene rings is 1. The summed E-state index contributed by atoms with van der Waals surface area (Å²) in [6.07, 6.45) is 4.34. The van der Waals surface area contributed by atoms with Crippen LogP contribution in [-0.4, -0.2) is 37.6 Å². The van der Waals surface area contributed by atoms with Crippen LogP contribution in [0.5, 0.6) is 0 Å². The van der Waals surface area contributed by atoms with Crippen molar-refractivity contribution < 1.29 is 0 Å². The molecule has 0 fully saturated rings. The molecule has 94 valence electrons. The second-order valence-electron chi connectivity index (χ2n) is 4.04. The molecule has 1 aromatic carbocycles. The van der Waals surface area contributed by atoms with Crippen molar-refractivity contribution in [1.82, 2.24) is 10.2 Å². The Morgan fingerprint density at radius 1 is 1.12 bits per heavy atom. The molecule has 0 saturated carbocycles. The SMILES string of the molecule is CCN(CC)CCNCC=Cc1ccccc1. The fourth-order valence-corrected chi connectivity index (χ4v) is 1.72. The van der Waals surface area contributed by atoms with Crippen LogP contribution in [0.2, 0.25) is 0 Å². The van der Waals surface area contributed by atoms with Crippen molar-refractivity contribution in [2.75, 3.05) is 32.7 Å². The maximum Gasteiger partial charge on any atom is 0.0138 e. The summed E-state index contributed by atoms with van der Waals surface area (Å²) in [5, 5.41) is 3.43. The van der Waals surface area contributed by atoms with Crippen molar-refractivity contribution in [2.45, 2.75) is 13.8 Å². The van der Waals surface area contributed by atoms with Gasteiger partial charge in [-0.15, -0.1) is 0 Å². The van der Waals surface area contributed by atoms with Crippen molar-refractivity contribution in [1.29, 1.82) is 0 Å². The van der Waals surface area contributed by atoms with Crippen LogP contribution in [0.25, 0.3) is 6.08 Å². The van der Waals surface area contributed by atoms with Gasteiger partial charge in [-0.25, -0.2) is 0 Å². The summed E-state index contributed by atoms with van der Waals surface area (Å²) in [7, 11) is 0. The van der Waals surface area contributed by atoms with E-state index in [1.165, 1.54) is 5.56 Å². The molecule has 0 aromatic heterocycles. The molecule has 0 heterocycles. The lowest BCUT2D eigenvalue weighted by Crippen LogP contribution is -2.31. The molecule has 0 spiro atoms. The molecule has 0 unspecified atom stereocenters. The standard InChI is InChI=1S/C15H24N2/c1-3-17(4-2)14-13-16-12-8-11-15-9-6-5-7-10-15/h5-11,16H,3-4,12-14H2,1-2H3. The molecular weight excluding hydrogens is 208 g/mol. The van der Waals surface area contributed by atoms with Gasteiger partial charge in [0.05, 0.1) is 0 Å². The third-order valence-electron chi connectivity index (χ3n) is 2.87. The van der Waals surface area contributed by atoms with Crippen molar-refractivity contribution in [3.05, 3.63) is 42.0 Å². The van der Waals surface area contributed by atoms with Gasteiger partial charge in [0.25, 0.3) is 0 Å². The van der Waals surface area contributed by atoms with Crippen LogP contribution < -0.4 is 5.32 Å². The van der Waals surface area contributed by atoms with Gasteiger partial charge in [0, 0.05) is 19.6 Å². The van der Waals surface area contributed by atoms with E-state index in [1.807, 2.05) is 6.07 Å². The molecule has 2 nitrogen and oxygen atoms in total. The molecule has 0 aliphatic rings. The maximum absolute atomic E-state index is 3.43. The van der Waals surface area contributed by atoms with Gasteiger partial charge in [0.2, 0.25) is 0 Å². The Kier molecular flexibility index (Phi) is 7.35. The topological polar surface area (TPSA) is 15.3 Å². The van der Waals surface area contributed by atoms with Gasteiger partial charge in [-0.1, -0.05) is 56.3 Å². The highest BCUT2D eigenvalue weighted by molar-refractivity contribution is 5.48. The minimum absolute atomic E-state index is 0.941. The zero-order valence-corrected chi connectivity index (χ0v) is 11.0. The predicted octanol–water partition coefficient (Wildman–Crippen LogP) is 2.63. The first kappa shape index (κ1) is 13.9. The van der Waals surface area contributed by atoms with Crippen molar-refractivity contribution in [3.63, 3.8) is 0 Å². The Morgan fingerprint density at radius 2 is 1.82 bits per heavy atom. The monoisotopic (exact) mass is 232 g/mol. The minimum atomic E-state index is 0.941. The Labute approximate surface area is 105 Å². The third kappa shape index (κ3) is 6.25. The highest BCUT2D eigenvalue weighted by Crippen LogP contribution is 1.99. The Bertz CT molecular complexity index is 302. The Hall–Kier alpha value is -1.12. The third-order valence-corrected chi connectivity index (χ3v) is 2.87. The number of hydrogen-bond acceptors (Lipinski definition) is 2. The molecular formula is C15H24N2. The normalized spacial score (nSPS) is 11.5. The van der Waals surface area contributed by atoms with Crippen LogP contribution in [0.1, 0.15) is 19.4 Å². The summed E-state index contributed by atoms with van der Waals surface area (Å²) in [6.45, 7) is 9.82. The van der Waals surface area contributed by atoms with Gasteiger partial charge >= 0.3 is 0 Å². The van der Waals surface area contributed by atoms with E-state index in [0.717, 1.165) is 32.7 Å². The van der Waals surface area contributed by atoms with E-state index < -0.39 is 0 Å². The summed E-state index contributed by atoms with van der Waals surface area (Å²) >= 11 is 0. The lowest BCUT2D eigenvalue weighted by atomic mass is 10.2. The number of likely N-dealkylation sites (N-methyl/N-ethyl adjacent to an activating group) is 1. The molecule has 17 heavy (non-hydrogen) atoms. The first-order chi connectivity index (χ1) is 8.36. The van der Waals surface area contributed by atoms with E-state index in [9.17, 15) is 0 Å². The average Bonchev–Trinajstić information content (AvgIpc) is 2.39. The minimum Gasteiger partial charge on any atom is -0.312 e. The van der Waals surface area contributed by atoms with Gasteiger partial charge in [-0.2, -0.15) is 0 Å². The van der Waals surface area contributed by atoms with E-state index in [2.05, 4.69) is 60.5 Å². The summed E-state index contributed by atoms with van der Waals surface area (Å²) in [6, 6.07) is 10.4. The van der Waals surface area contributed by atoms with Gasteiger partial charge in [-0.3, -0.25) is 0 Å². The van der Waals surface area contributed by atoms with Crippen molar-refractivity contribution in [3.8, 4) is 0 Å². The largest absolute Gasteiger partial charge is 0.312 e. The maximum atomic E-state index is 3.43. The van der Waals surface area contributed by atoms with Crippen LogP contribution in [0.4, 0.5) is 0 Å². The lowest BCUT2D eigenvalue weighted by molar-refractivity contribution is 0.304. The summed E-state index contributed by atoms with van der Waals surface area (Å²) in [4.78, 5) is 2.42. The molecule has 0 amide bonds. The molecule has 2 heteroatoms. The summed E-state index contributed by atoms with van der Waals surface area (Å²) in [5.41, 5.74) is 1.26. The van der Waals surface area contributed by atoms with Crippen LogP contribution in [0.15, 0.2) is 36.4 Å². The smallest absolute Gasteiger partial charge is 0.0138 e. The van der Waals surface area contributed by atoms with Crippen molar-refractivity contribution in [2.24, 2.45) is 0 Å². The number of hydrogen-bond donors (Lipinski definition) is 1. The second-order valence-corrected chi connectivity index (χ2v) is 4.04. The molecule has 1 aromatic rings. The molecule has 0 saturated heterocycles. The van der Waals surface area contributed by atoms with Gasteiger partial charge < -0.3 is 10.2 Å². The van der Waals surface area contributed by atoms with Crippen molar-refractivity contribution >= 4 is 6.08 Å². The molecule has 0 atom stereocenters. The highest BCUT2D eigenvalue weighted by Gasteiger charge is 1.95. The van der Waals surface area contributed by atoms with Gasteiger partial charge in [0.15, 0.2) is 0 Å². The molecule has 0 aliphatic carbocycles. The molecule has 0 aliphatic heterocycles. The quantitative estimate of drug-likeness (QED) is 0.693. The number of rotatable bonds is 8. The van der Waals surface area contributed by atoms with Crippen LogP contribution >= 0.6 is 0 Å². The number of nitrogens with one attached hydrogen (secondary N) is 1. The van der Waals surface area contributed by atoms with E-state index in [1.54, 1.807) is 0 Å². The summed E-state index contributed by atoms with van der Waals surface area (Å²) < 4.78 is 0. The van der Waals surface area contributed by atoms with E-state index in [0.29, 0.717) is 0 Å². The molecule has 1 N–H and O–H groups in total. The molecule has 1 rings (SSSR count).